The summed E-state index contributed by atoms with van der Waals surface area (Å²) in [6, 6.07) is 17.4. The van der Waals surface area contributed by atoms with Gasteiger partial charge in [-0.1, -0.05) is 42.5 Å². The highest BCUT2D eigenvalue weighted by molar-refractivity contribution is 5.32. The van der Waals surface area contributed by atoms with E-state index in [9.17, 15) is 5.11 Å². The molecule has 1 aromatic heterocycles. The Morgan fingerprint density at radius 1 is 1.19 bits per heavy atom. The van der Waals surface area contributed by atoms with E-state index in [1.165, 1.54) is 6.33 Å². The molecule has 0 aliphatic heterocycles. The van der Waals surface area contributed by atoms with E-state index in [1.807, 2.05) is 54.6 Å². The molecule has 1 unspecified atom stereocenters. The van der Waals surface area contributed by atoms with Crippen molar-refractivity contribution in [2.75, 3.05) is 7.11 Å². The van der Waals surface area contributed by atoms with Gasteiger partial charge in [0.15, 0.2) is 0 Å². The molecule has 0 radical (unpaired) electrons. The molecule has 142 valence electrons. The third kappa shape index (κ3) is 6.08. The zero-order valence-corrected chi connectivity index (χ0v) is 14.7. The van der Waals surface area contributed by atoms with Gasteiger partial charge in [0.05, 0.1) is 13.7 Å². The first-order valence-electron chi connectivity index (χ1n) is 7.99. The number of benzene rings is 2. The summed E-state index contributed by atoms with van der Waals surface area (Å²) in [6.07, 6.45) is 3.57. The summed E-state index contributed by atoms with van der Waals surface area (Å²) in [5, 5.41) is 29.1. The molecule has 9 heteroatoms. The maximum absolute atomic E-state index is 11.3. The molecule has 27 heavy (non-hydrogen) atoms. The van der Waals surface area contributed by atoms with Crippen LogP contribution in [-0.2, 0) is 18.6 Å². The first kappa shape index (κ1) is 19.9. The summed E-state index contributed by atoms with van der Waals surface area (Å²) in [4.78, 5) is 12.3. The van der Waals surface area contributed by atoms with Crippen LogP contribution in [-0.4, -0.2) is 37.3 Å². The van der Waals surface area contributed by atoms with Crippen LogP contribution in [0.25, 0.3) is 0 Å². The van der Waals surface area contributed by atoms with Crippen LogP contribution in [0.3, 0.4) is 0 Å². The van der Waals surface area contributed by atoms with Crippen LogP contribution >= 0.6 is 0 Å². The van der Waals surface area contributed by atoms with Gasteiger partial charge in [-0.15, -0.1) is 10.1 Å². The van der Waals surface area contributed by atoms with Gasteiger partial charge >= 0.3 is 0 Å². The lowest BCUT2D eigenvalue weighted by Crippen LogP contribution is -2.34. The molecule has 2 N–H and O–H groups in total. The molecule has 0 saturated heterocycles. The van der Waals surface area contributed by atoms with E-state index in [1.54, 1.807) is 18.1 Å². The highest BCUT2D eigenvalue weighted by Crippen LogP contribution is 2.29. The summed E-state index contributed by atoms with van der Waals surface area (Å²) >= 11 is 0. The Morgan fingerprint density at radius 2 is 1.81 bits per heavy atom. The quantitative estimate of drug-likeness (QED) is 0.501. The van der Waals surface area contributed by atoms with Crippen LogP contribution in [0, 0.1) is 10.1 Å². The smallest absolute Gasteiger partial charge is 0.291 e. The van der Waals surface area contributed by atoms with Gasteiger partial charge in [-0.25, -0.2) is 9.67 Å². The maximum atomic E-state index is 11.3. The number of ether oxygens (including phenoxy) is 1. The van der Waals surface area contributed by atoms with Crippen molar-refractivity contribution < 1.29 is 20.1 Å². The number of hydrogen-bond donors (Lipinski definition) is 2. The van der Waals surface area contributed by atoms with Crippen molar-refractivity contribution in [3.05, 3.63) is 88.5 Å². The van der Waals surface area contributed by atoms with Gasteiger partial charge < -0.3 is 15.1 Å². The molecule has 0 fully saturated rings. The third-order valence-electron chi connectivity index (χ3n) is 3.86. The fourth-order valence-corrected chi connectivity index (χ4v) is 2.67. The van der Waals surface area contributed by atoms with Gasteiger partial charge in [-0.05, 0) is 23.3 Å². The molecule has 0 spiro atoms. The normalized spacial score (nSPS) is 12.4. The summed E-state index contributed by atoms with van der Waals surface area (Å²) in [5.74, 6) is 0.761. The van der Waals surface area contributed by atoms with Crippen molar-refractivity contribution in [3.8, 4) is 5.75 Å². The fourth-order valence-electron chi connectivity index (χ4n) is 2.67. The SMILES string of the molecule is COc1ccc(C(O)(Cc2ccccc2)Cn2cncn2)cc1.O=[N+]([O-])O. The Bertz CT molecular complexity index is 821. The number of nitrogens with zero attached hydrogens (tertiary/aromatic N) is 4. The van der Waals surface area contributed by atoms with Crippen LogP contribution < -0.4 is 4.74 Å². The highest BCUT2D eigenvalue weighted by atomic mass is 16.9. The summed E-state index contributed by atoms with van der Waals surface area (Å²) in [7, 11) is 1.63. The molecule has 0 aliphatic carbocycles. The van der Waals surface area contributed by atoms with Crippen molar-refractivity contribution in [2.24, 2.45) is 0 Å². The standard InChI is InChI=1S/C18H19N3O2.HNO3/c1-23-17-9-7-16(8-10-17)18(22,12-21-14-19-13-20-21)11-15-5-3-2-4-6-15;2-1(3)4/h2-10,13-14,22H,11-12H2,1H3;(H,2,3,4). The topological polar surface area (TPSA) is 124 Å². The van der Waals surface area contributed by atoms with Crippen LogP contribution in [0.15, 0.2) is 67.3 Å². The molecule has 0 saturated carbocycles. The van der Waals surface area contributed by atoms with Gasteiger partial charge in [-0.3, -0.25) is 0 Å². The Hall–Kier alpha value is -3.46. The average Bonchev–Trinajstić information content (AvgIpc) is 3.15. The van der Waals surface area contributed by atoms with Gasteiger partial charge in [0, 0.05) is 6.42 Å². The Morgan fingerprint density at radius 3 is 2.33 bits per heavy atom. The van der Waals surface area contributed by atoms with Crippen molar-refractivity contribution >= 4 is 0 Å². The van der Waals surface area contributed by atoms with Crippen molar-refractivity contribution in [1.82, 2.24) is 14.8 Å². The van der Waals surface area contributed by atoms with Gasteiger partial charge in [0.2, 0.25) is 0 Å². The predicted octanol–water partition coefficient (Wildman–Crippen LogP) is 2.07. The second-order valence-corrected chi connectivity index (χ2v) is 5.75. The number of rotatable bonds is 6. The van der Waals surface area contributed by atoms with Gasteiger partial charge in [0.25, 0.3) is 5.09 Å². The zero-order valence-electron chi connectivity index (χ0n) is 14.7. The first-order valence-corrected chi connectivity index (χ1v) is 7.99. The summed E-state index contributed by atoms with van der Waals surface area (Å²) < 4.78 is 6.84. The molecule has 1 atom stereocenters. The fraction of sp³-hybridized carbons (Fsp3) is 0.222. The van der Waals surface area contributed by atoms with Crippen molar-refractivity contribution in [3.63, 3.8) is 0 Å². The van der Waals surface area contributed by atoms with E-state index in [4.69, 9.17) is 20.1 Å². The predicted molar refractivity (Wildman–Crippen MR) is 95.8 cm³/mol. The molecule has 3 rings (SSSR count). The van der Waals surface area contributed by atoms with Crippen LogP contribution in [0.4, 0.5) is 0 Å². The lowest BCUT2D eigenvalue weighted by atomic mass is 9.87. The Labute approximate surface area is 155 Å². The first-order chi connectivity index (χ1) is 12.9. The van der Waals surface area contributed by atoms with E-state index in [0.29, 0.717) is 13.0 Å². The third-order valence-corrected chi connectivity index (χ3v) is 3.86. The molecule has 1 heterocycles. The van der Waals surface area contributed by atoms with E-state index < -0.39 is 10.7 Å². The summed E-state index contributed by atoms with van der Waals surface area (Å²) in [5.41, 5.74) is 0.796. The zero-order chi connectivity index (χ0) is 19.7. The molecular formula is C18H20N4O5. The molecule has 0 amide bonds. The second-order valence-electron chi connectivity index (χ2n) is 5.75. The minimum Gasteiger partial charge on any atom is -0.497 e. The lowest BCUT2D eigenvalue weighted by Gasteiger charge is -2.29. The monoisotopic (exact) mass is 372 g/mol. The van der Waals surface area contributed by atoms with E-state index >= 15 is 0 Å². The van der Waals surface area contributed by atoms with E-state index in [0.717, 1.165) is 16.9 Å². The van der Waals surface area contributed by atoms with E-state index in [-0.39, 0.29) is 0 Å². The van der Waals surface area contributed by atoms with Crippen molar-refractivity contribution in [2.45, 2.75) is 18.6 Å². The van der Waals surface area contributed by atoms with Gasteiger partial charge in [0.1, 0.15) is 24.0 Å². The molecule has 0 aliphatic rings. The molecule has 9 nitrogen and oxygen atoms in total. The number of methoxy groups -OCH3 is 1. The molecule has 0 bridgehead atoms. The van der Waals surface area contributed by atoms with Gasteiger partial charge in [-0.2, -0.15) is 5.10 Å². The summed E-state index contributed by atoms with van der Waals surface area (Å²) in [6.45, 7) is 0.328. The minimum atomic E-state index is -1.50. The lowest BCUT2D eigenvalue weighted by molar-refractivity contribution is -0.742. The minimum absolute atomic E-state index is 0.328. The largest absolute Gasteiger partial charge is 0.497 e. The van der Waals surface area contributed by atoms with Crippen molar-refractivity contribution in [1.29, 1.82) is 0 Å². The van der Waals surface area contributed by atoms with E-state index in [2.05, 4.69) is 10.1 Å². The molecule has 2 aromatic carbocycles. The second kappa shape index (κ2) is 9.30. The van der Waals surface area contributed by atoms with Crippen LogP contribution in [0.5, 0.6) is 5.75 Å². The average molecular weight is 372 g/mol. The maximum Gasteiger partial charge on any atom is 0.291 e. The molecule has 3 aromatic rings. The molecular weight excluding hydrogens is 352 g/mol. The Kier molecular flexibility index (Phi) is 6.84. The van der Waals surface area contributed by atoms with Crippen LogP contribution in [0.1, 0.15) is 11.1 Å². The Balaban J connectivity index is 0.000000596. The number of hydrogen-bond acceptors (Lipinski definition) is 6. The number of aliphatic hydroxyl groups is 1. The van der Waals surface area contributed by atoms with Crippen LogP contribution in [0.2, 0.25) is 0 Å². The highest BCUT2D eigenvalue weighted by Gasteiger charge is 2.30. The number of aromatic nitrogens is 3.